The minimum Gasteiger partial charge on any atom is -0.507 e. The molecule has 1 saturated heterocycles. The number of benzene rings is 2. The molecule has 0 unspecified atom stereocenters. The number of furan rings is 1. The van der Waals surface area contributed by atoms with Crippen molar-refractivity contribution in [2.24, 2.45) is 0 Å². The summed E-state index contributed by atoms with van der Waals surface area (Å²) in [6.45, 7) is 7.82. The average molecular weight is 500 g/mol. The number of aryl methyl sites for hydroxylation is 1. The number of piperazine rings is 1. The molecule has 37 heavy (non-hydrogen) atoms. The first-order chi connectivity index (χ1) is 18.0. The zero-order valence-electron chi connectivity index (χ0n) is 21.3. The van der Waals surface area contributed by atoms with Crippen LogP contribution in [0.1, 0.15) is 35.5 Å². The van der Waals surface area contributed by atoms with Gasteiger partial charge in [0.2, 0.25) is 0 Å². The maximum absolute atomic E-state index is 13.9. The molecule has 0 radical (unpaired) electrons. The number of hydrogen-bond donors (Lipinski definition) is 1. The number of anilines is 1. The van der Waals surface area contributed by atoms with Crippen molar-refractivity contribution in [3.8, 4) is 11.5 Å². The lowest BCUT2D eigenvalue weighted by atomic mass is 9.95. The Kier molecular flexibility index (Phi) is 7.32. The van der Waals surface area contributed by atoms with Crippen LogP contribution in [0.2, 0.25) is 0 Å². The van der Waals surface area contributed by atoms with E-state index in [1.54, 1.807) is 16.9 Å². The van der Waals surface area contributed by atoms with E-state index in [1.807, 2.05) is 56.3 Å². The monoisotopic (exact) mass is 499 g/mol. The standard InChI is InChI=1S/C30H33N3O4/c1-3-36-25-13-11-23(12-14-25)29(32-17-15-31(16-18-32)24-8-5-4-6-9-24)28-27(34)20-22(2)33(30(28)35)21-26-10-7-19-37-26/h4-14,19-20,29,34H,3,15-18,21H2,1-2H3/t29-/m1/s1. The predicted octanol–water partition coefficient (Wildman–Crippen LogP) is 4.81. The molecule has 1 fully saturated rings. The molecule has 1 atom stereocenters. The molecule has 192 valence electrons. The quantitative estimate of drug-likeness (QED) is 0.375. The molecule has 0 saturated carbocycles. The number of pyridine rings is 1. The Labute approximate surface area is 217 Å². The molecule has 1 aliphatic rings. The van der Waals surface area contributed by atoms with Gasteiger partial charge in [0.25, 0.3) is 5.56 Å². The summed E-state index contributed by atoms with van der Waals surface area (Å²) in [4.78, 5) is 18.6. The third-order valence-corrected chi connectivity index (χ3v) is 7.00. The van der Waals surface area contributed by atoms with Gasteiger partial charge >= 0.3 is 0 Å². The number of aromatic nitrogens is 1. The normalized spacial score (nSPS) is 15.0. The van der Waals surface area contributed by atoms with Crippen LogP contribution in [-0.2, 0) is 6.54 Å². The Bertz CT molecular complexity index is 1360. The Hall–Kier alpha value is -3.97. The highest BCUT2D eigenvalue weighted by Crippen LogP contribution is 2.34. The molecule has 5 rings (SSSR count). The molecular formula is C30H33N3O4. The van der Waals surface area contributed by atoms with Gasteiger partial charge in [-0.3, -0.25) is 9.69 Å². The van der Waals surface area contributed by atoms with Crippen molar-refractivity contribution >= 4 is 5.69 Å². The summed E-state index contributed by atoms with van der Waals surface area (Å²) < 4.78 is 12.8. The van der Waals surface area contributed by atoms with Gasteiger partial charge in [0.1, 0.15) is 17.3 Å². The smallest absolute Gasteiger partial charge is 0.260 e. The summed E-state index contributed by atoms with van der Waals surface area (Å²) >= 11 is 0. The van der Waals surface area contributed by atoms with Gasteiger partial charge in [0, 0.05) is 37.6 Å². The van der Waals surface area contributed by atoms with Crippen molar-refractivity contribution in [3.05, 3.63) is 112 Å². The lowest BCUT2D eigenvalue weighted by molar-refractivity contribution is 0.207. The van der Waals surface area contributed by atoms with E-state index in [0.717, 1.165) is 37.5 Å². The largest absolute Gasteiger partial charge is 0.507 e. The Morgan fingerprint density at radius 2 is 1.70 bits per heavy atom. The lowest BCUT2D eigenvalue weighted by Gasteiger charge is -2.40. The number of hydrogen-bond acceptors (Lipinski definition) is 6. The van der Waals surface area contributed by atoms with Crippen molar-refractivity contribution < 1.29 is 14.3 Å². The van der Waals surface area contributed by atoms with Crippen molar-refractivity contribution in [1.82, 2.24) is 9.47 Å². The molecule has 7 heteroatoms. The van der Waals surface area contributed by atoms with E-state index in [-0.39, 0.29) is 11.3 Å². The van der Waals surface area contributed by atoms with Crippen LogP contribution >= 0.6 is 0 Å². The van der Waals surface area contributed by atoms with Crippen molar-refractivity contribution in [2.45, 2.75) is 26.4 Å². The van der Waals surface area contributed by atoms with Gasteiger partial charge in [-0.2, -0.15) is 0 Å². The van der Waals surface area contributed by atoms with Crippen LogP contribution in [-0.4, -0.2) is 47.4 Å². The van der Waals surface area contributed by atoms with Crippen molar-refractivity contribution in [3.63, 3.8) is 0 Å². The highest BCUT2D eigenvalue weighted by Gasteiger charge is 2.31. The summed E-state index contributed by atoms with van der Waals surface area (Å²) in [5.74, 6) is 1.49. The zero-order valence-corrected chi connectivity index (χ0v) is 21.3. The molecule has 7 nitrogen and oxygen atoms in total. The highest BCUT2D eigenvalue weighted by atomic mass is 16.5. The average Bonchev–Trinajstić information content (AvgIpc) is 3.44. The fourth-order valence-corrected chi connectivity index (χ4v) is 5.13. The Morgan fingerprint density at radius 1 is 0.973 bits per heavy atom. The number of para-hydroxylation sites is 1. The van der Waals surface area contributed by atoms with E-state index in [4.69, 9.17) is 9.15 Å². The zero-order chi connectivity index (χ0) is 25.8. The van der Waals surface area contributed by atoms with E-state index in [9.17, 15) is 9.90 Å². The molecule has 2 aromatic heterocycles. The maximum atomic E-state index is 13.9. The van der Waals surface area contributed by atoms with Gasteiger partial charge in [-0.25, -0.2) is 0 Å². The molecule has 3 heterocycles. The maximum Gasteiger partial charge on any atom is 0.260 e. The topological polar surface area (TPSA) is 71.1 Å². The van der Waals surface area contributed by atoms with Crippen LogP contribution in [0.4, 0.5) is 5.69 Å². The second kappa shape index (κ2) is 11.0. The van der Waals surface area contributed by atoms with Crippen molar-refractivity contribution in [1.29, 1.82) is 0 Å². The second-order valence-electron chi connectivity index (χ2n) is 9.32. The molecule has 0 spiro atoms. The lowest BCUT2D eigenvalue weighted by Crippen LogP contribution is -2.49. The van der Waals surface area contributed by atoms with Gasteiger partial charge < -0.3 is 23.7 Å². The fraction of sp³-hybridized carbons (Fsp3) is 0.300. The molecule has 4 aromatic rings. The summed E-state index contributed by atoms with van der Waals surface area (Å²) in [7, 11) is 0. The van der Waals surface area contributed by atoms with Crippen LogP contribution in [0.3, 0.4) is 0 Å². The molecule has 0 aliphatic carbocycles. The summed E-state index contributed by atoms with van der Waals surface area (Å²) in [6, 6.07) is 23.2. The summed E-state index contributed by atoms with van der Waals surface area (Å²) in [5.41, 5.74) is 2.99. The van der Waals surface area contributed by atoms with Crippen LogP contribution in [0.5, 0.6) is 11.5 Å². The molecule has 1 aliphatic heterocycles. The molecule has 1 N–H and O–H groups in total. The predicted molar refractivity (Wildman–Crippen MR) is 145 cm³/mol. The van der Waals surface area contributed by atoms with E-state index >= 15 is 0 Å². The van der Waals surface area contributed by atoms with Gasteiger partial charge in [0.05, 0.1) is 31.0 Å². The third-order valence-electron chi connectivity index (χ3n) is 7.00. The minimum absolute atomic E-state index is 0.0163. The van der Waals surface area contributed by atoms with E-state index < -0.39 is 6.04 Å². The number of aromatic hydroxyl groups is 1. The van der Waals surface area contributed by atoms with E-state index in [0.29, 0.717) is 30.2 Å². The highest BCUT2D eigenvalue weighted by molar-refractivity contribution is 5.47. The summed E-state index contributed by atoms with van der Waals surface area (Å²) in [6.07, 6.45) is 1.60. The first-order valence-electron chi connectivity index (χ1n) is 12.8. The van der Waals surface area contributed by atoms with Crippen LogP contribution in [0.25, 0.3) is 0 Å². The van der Waals surface area contributed by atoms with Gasteiger partial charge in [0.15, 0.2) is 0 Å². The molecule has 0 amide bonds. The van der Waals surface area contributed by atoms with Crippen LogP contribution in [0.15, 0.2) is 88.3 Å². The van der Waals surface area contributed by atoms with Crippen LogP contribution in [0, 0.1) is 6.92 Å². The van der Waals surface area contributed by atoms with E-state index in [2.05, 4.69) is 34.1 Å². The van der Waals surface area contributed by atoms with Crippen LogP contribution < -0.4 is 15.2 Å². The molecule has 2 aromatic carbocycles. The van der Waals surface area contributed by atoms with Gasteiger partial charge in [-0.05, 0) is 61.9 Å². The minimum atomic E-state index is -0.399. The number of rotatable bonds is 8. The SMILES string of the molecule is CCOc1ccc([C@H](c2c(O)cc(C)n(Cc3ccco3)c2=O)N2CCN(c3ccccc3)CC2)cc1. The molecule has 0 bridgehead atoms. The fourth-order valence-electron chi connectivity index (χ4n) is 5.13. The first-order valence-corrected chi connectivity index (χ1v) is 12.8. The Balaban J connectivity index is 1.53. The summed E-state index contributed by atoms with van der Waals surface area (Å²) in [5, 5.41) is 11.2. The third kappa shape index (κ3) is 5.27. The number of ether oxygens (including phenoxy) is 1. The van der Waals surface area contributed by atoms with Gasteiger partial charge in [-0.1, -0.05) is 30.3 Å². The first kappa shape index (κ1) is 24.7. The molecular weight excluding hydrogens is 466 g/mol. The van der Waals surface area contributed by atoms with Gasteiger partial charge in [-0.15, -0.1) is 0 Å². The van der Waals surface area contributed by atoms with E-state index in [1.165, 1.54) is 5.69 Å². The Morgan fingerprint density at radius 3 is 2.35 bits per heavy atom. The second-order valence-corrected chi connectivity index (χ2v) is 9.32. The van der Waals surface area contributed by atoms with Crippen molar-refractivity contribution in [2.75, 3.05) is 37.7 Å². The number of nitrogens with zero attached hydrogens (tertiary/aromatic N) is 3.